The van der Waals surface area contributed by atoms with Crippen molar-refractivity contribution in [3.05, 3.63) is 65.2 Å². The van der Waals surface area contributed by atoms with Crippen LogP contribution in [0.3, 0.4) is 0 Å². The summed E-state index contributed by atoms with van der Waals surface area (Å²) in [6.45, 7) is 0.471. The zero-order chi connectivity index (χ0) is 22.6. The zero-order valence-electron chi connectivity index (χ0n) is 16.6. The summed E-state index contributed by atoms with van der Waals surface area (Å²) in [6, 6.07) is 9.78. The van der Waals surface area contributed by atoms with E-state index < -0.39 is 21.8 Å². The van der Waals surface area contributed by atoms with E-state index in [-0.39, 0.29) is 24.8 Å². The van der Waals surface area contributed by atoms with Crippen molar-refractivity contribution in [3.63, 3.8) is 0 Å². The van der Waals surface area contributed by atoms with Gasteiger partial charge in [0.15, 0.2) is 0 Å². The topological polar surface area (TPSA) is 84.5 Å². The third kappa shape index (κ3) is 6.48. The summed E-state index contributed by atoms with van der Waals surface area (Å²) in [5.41, 5.74) is 1.44. The standard InChI is InChI=1S/C21H21F3N2O4S/c1-31(28,29)26-17-7-4-14(5-8-17)13-25-20(27)11-15-3-2-10-30-19-12-16(21(22,23)24)6-9-18(15)19/h4-9,11-12,26H,2-3,10,13H2,1H3,(H,25,27)/b15-11+. The number of hydrogen-bond donors (Lipinski definition) is 2. The van der Waals surface area contributed by atoms with E-state index in [4.69, 9.17) is 4.74 Å². The molecular weight excluding hydrogens is 433 g/mol. The van der Waals surface area contributed by atoms with Crippen molar-refractivity contribution in [2.75, 3.05) is 17.6 Å². The predicted molar refractivity (Wildman–Crippen MR) is 111 cm³/mol. The normalized spacial score (nSPS) is 15.5. The molecule has 6 nitrogen and oxygen atoms in total. The van der Waals surface area contributed by atoms with Crippen LogP contribution in [-0.2, 0) is 27.5 Å². The van der Waals surface area contributed by atoms with Gasteiger partial charge < -0.3 is 10.1 Å². The summed E-state index contributed by atoms with van der Waals surface area (Å²) in [5, 5.41) is 2.73. The minimum absolute atomic E-state index is 0.111. The summed E-state index contributed by atoms with van der Waals surface area (Å²) in [4.78, 5) is 12.4. The Morgan fingerprint density at radius 2 is 1.87 bits per heavy atom. The van der Waals surface area contributed by atoms with Gasteiger partial charge in [-0.2, -0.15) is 13.2 Å². The van der Waals surface area contributed by atoms with E-state index in [1.54, 1.807) is 24.3 Å². The van der Waals surface area contributed by atoms with Crippen LogP contribution in [0.5, 0.6) is 5.75 Å². The largest absolute Gasteiger partial charge is 0.493 e. The molecule has 2 aromatic rings. The molecule has 2 aromatic carbocycles. The number of benzene rings is 2. The fraction of sp³-hybridized carbons (Fsp3) is 0.286. The molecule has 0 spiro atoms. The van der Waals surface area contributed by atoms with Crippen molar-refractivity contribution < 1.29 is 31.1 Å². The number of halogens is 3. The number of carbonyl (C=O) groups excluding carboxylic acids is 1. The van der Waals surface area contributed by atoms with Crippen LogP contribution in [0.25, 0.3) is 5.57 Å². The van der Waals surface area contributed by atoms with Crippen molar-refractivity contribution in [2.45, 2.75) is 25.6 Å². The highest BCUT2D eigenvalue weighted by molar-refractivity contribution is 7.92. The Bertz CT molecular complexity index is 1090. The molecule has 31 heavy (non-hydrogen) atoms. The van der Waals surface area contributed by atoms with Gasteiger partial charge in [0.05, 0.1) is 18.4 Å². The Kier molecular flexibility index (Phi) is 6.59. The van der Waals surface area contributed by atoms with Gasteiger partial charge in [-0.15, -0.1) is 0 Å². The van der Waals surface area contributed by atoms with E-state index in [9.17, 15) is 26.4 Å². The van der Waals surface area contributed by atoms with E-state index >= 15 is 0 Å². The first-order chi connectivity index (χ1) is 14.5. The number of hydrogen-bond acceptors (Lipinski definition) is 4. The maximum Gasteiger partial charge on any atom is 0.416 e. The van der Waals surface area contributed by atoms with Crippen LogP contribution in [0.15, 0.2) is 48.5 Å². The zero-order valence-corrected chi connectivity index (χ0v) is 17.4. The number of rotatable bonds is 5. The Hall–Kier alpha value is -3.01. The Labute approximate surface area is 178 Å². The van der Waals surface area contributed by atoms with Gasteiger partial charge in [0.2, 0.25) is 15.9 Å². The molecule has 10 heteroatoms. The molecule has 1 amide bonds. The molecule has 0 saturated heterocycles. The van der Waals surface area contributed by atoms with E-state index in [2.05, 4.69) is 10.0 Å². The van der Waals surface area contributed by atoms with Gasteiger partial charge in [-0.25, -0.2) is 8.42 Å². The number of alkyl halides is 3. The van der Waals surface area contributed by atoms with Gasteiger partial charge in [-0.05, 0) is 48.2 Å². The second-order valence-electron chi connectivity index (χ2n) is 7.12. The van der Waals surface area contributed by atoms with Crippen molar-refractivity contribution in [1.82, 2.24) is 5.32 Å². The molecular formula is C21H21F3N2O4S. The highest BCUT2D eigenvalue weighted by atomic mass is 32.2. The van der Waals surface area contributed by atoms with Crippen LogP contribution >= 0.6 is 0 Å². The maximum absolute atomic E-state index is 13.0. The number of carbonyl (C=O) groups is 1. The number of amides is 1. The highest BCUT2D eigenvalue weighted by Gasteiger charge is 2.32. The minimum Gasteiger partial charge on any atom is -0.493 e. The third-order valence-electron chi connectivity index (χ3n) is 4.53. The number of nitrogens with one attached hydrogen (secondary N) is 2. The molecule has 0 aromatic heterocycles. The SMILES string of the molecule is CS(=O)(=O)Nc1ccc(CNC(=O)/C=C2\CCCOc3cc(C(F)(F)F)ccc32)cc1. The quantitative estimate of drug-likeness (QED) is 0.670. The molecule has 1 aliphatic heterocycles. The van der Waals surface area contributed by atoms with Crippen LogP contribution in [0.2, 0.25) is 0 Å². The lowest BCUT2D eigenvalue weighted by Gasteiger charge is -2.13. The summed E-state index contributed by atoms with van der Waals surface area (Å²) in [6.07, 6.45) is -0.977. The molecule has 0 bridgehead atoms. The van der Waals surface area contributed by atoms with Gasteiger partial charge in [0.1, 0.15) is 5.75 Å². The number of anilines is 1. The van der Waals surface area contributed by atoms with Crippen LogP contribution in [-0.4, -0.2) is 27.2 Å². The number of allylic oxidation sites excluding steroid dienone is 1. The van der Waals surface area contributed by atoms with Gasteiger partial charge in [0, 0.05) is 23.9 Å². The van der Waals surface area contributed by atoms with Crippen molar-refractivity contribution in [3.8, 4) is 5.75 Å². The molecule has 0 aliphatic carbocycles. The summed E-state index contributed by atoms with van der Waals surface area (Å²) in [7, 11) is -3.37. The lowest BCUT2D eigenvalue weighted by atomic mass is 9.99. The van der Waals surface area contributed by atoms with E-state index in [1.807, 2.05) is 0 Å². The number of ether oxygens (including phenoxy) is 1. The van der Waals surface area contributed by atoms with Gasteiger partial charge in [-0.1, -0.05) is 18.2 Å². The Balaban J connectivity index is 1.70. The molecule has 0 atom stereocenters. The number of fused-ring (bicyclic) bond motifs is 1. The fourth-order valence-electron chi connectivity index (χ4n) is 3.12. The molecule has 166 valence electrons. The Morgan fingerprint density at radius 1 is 1.16 bits per heavy atom. The van der Waals surface area contributed by atoms with Crippen LogP contribution in [0.4, 0.5) is 18.9 Å². The fourth-order valence-corrected chi connectivity index (χ4v) is 3.68. The first kappa shape index (κ1) is 22.7. The van der Waals surface area contributed by atoms with Gasteiger partial charge in [0.25, 0.3) is 0 Å². The predicted octanol–water partition coefficient (Wildman–Crippen LogP) is 3.95. The average molecular weight is 454 g/mol. The van der Waals surface area contributed by atoms with Crippen LogP contribution in [0, 0.1) is 0 Å². The molecule has 3 rings (SSSR count). The lowest BCUT2D eigenvalue weighted by Crippen LogP contribution is -2.20. The van der Waals surface area contributed by atoms with Gasteiger partial charge in [-0.3, -0.25) is 9.52 Å². The summed E-state index contributed by atoms with van der Waals surface area (Å²) in [5.74, 6) is -0.276. The average Bonchev–Trinajstić information content (AvgIpc) is 2.87. The summed E-state index contributed by atoms with van der Waals surface area (Å²) < 4.78 is 69.2. The van der Waals surface area contributed by atoms with Crippen LogP contribution < -0.4 is 14.8 Å². The highest BCUT2D eigenvalue weighted by Crippen LogP contribution is 2.38. The summed E-state index contributed by atoms with van der Waals surface area (Å²) >= 11 is 0. The Morgan fingerprint density at radius 3 is 2.52 bits per heavy atom. The van der Waals surface area contributed by atoms with Crippen molar-refractivity contribution in [1.29, 1.82) is 0 Å². The molecule has 0 saturated carbocycles. The molecule has 0 fully saturated rings. The second-order valence-corrected chi connectivity index (χ2v) is 8.87. The molecule has 1 heterocycles. The minimum atomic E-state index is -4.47. The molecule has 0 unspecified atom stereocenters. The van der Waals surface area contributed by atoms with E-state index in [1.165, 1.54) is 12.1 Å². The van der Waals surface area contributed by atoms with Crippen LogP contribution in [0.1, 0.15) is 29.5 Å². The first-order valence-electron chi connectivity index (χ1n) is 9.41. The second kappa shape index (κ2) is 9.01. The maximum atomic E-state index is 13.0. The van der Waals surface area contributed by atoms with Crippen molar-refractivity contribution >= 4 is 27.2 Å². The molecule has 0 radical (unpaired) electrons. The third-order valence-corrected chi connectivity index (χ3v) is 5.14. The van der Waals surface area contributed by atoms with Gasteiger partial charge >= 0.3 is 6.18 Å². The first-order valence-corrected chi connectivity index (χ1v) is 11.3. The lowest BCUT2D eigenvalue weighted by molar-refractivity contribution is -0.137. The smallest absolute Gasteiger partial charge is 0.416 e. The van der Waals surface area contributed by atoms with Crippen molar-refractivity contribution in [2.24, 2.45) is 0 Å². The van der Waals surface area contributed by atoms with E-state index in [0.717, 1.165) is 24.0 Å². The molecule has 2 N–H and O–H groups in total. The number of sulfonamides is 1. The monoisotopic (exact) mass is 454 g/mol. The molecule has 1 aliphatic rings. The van der Waals surface area contributed by atoms with E-state index in [0.29, 0.717) is 29.7 Å².